The van der Waals surface area contributed by atoms with Crippen LogP contribution in [0.4, 0.5) is 17.6 Å². The molecule has 0 radical (unpaired) electrons. The Kier molecular flexibility index (Phi) is 7.51. The van der Waals surface area contributed by atoms with Crippen LogP contribution in [0.2, 0.25) is 0 Å². The van der Waals surface area contributed by atoms with E-state index >= 15 is 0 Å². The zero-order valence-corrected chi connectivity index (χ0v) is 20.4. The first-order valence-corrected chi connectivity index (χ1v) is 12.9. The van der Waals surface area contributed by atoms with Gasteiger partial charge in [0.2, 0.25) is 11.8 Å². The molecular weight excluding hydrogens is 450 g/mol. The number of likely N-dealkylation sites (tertiary alicyclic amines) is 1. The molecule has 2 N–H and O–H groups in total. The Bertz CT molecular complexity index is 763. The quantitative estimate of drug-likeness (QED) is 0.588. The fourth-order valence-corrected chi connectivity index (χ4v) is 7.15. The van der Waals surface area contributed by atoms with Gasteiger partial charge in [0.25, 0.3) is 0 Å². The third kappa shape index (κ3) is 5.39. The monoisotopic (exact) mass is 489 g/mol. The second kappa shape index (κ2) is 9.94. The fourth-order valence-electron chi connectivity index (χ4n) is 7.15. The van der Waals surface area contributed by atoms with Gasteiger partial charge >= 0.3 is 6.18 Å². The molecule has 5 nitrogen and oxygen atoms in total. The molecule has 2 amide bonds. The highest BCUT2D eigenvalue weighted by atomic mass is 19.4. The fraction of sp³-hybridized carbons (Fsp3) is 0.920. The molecule has 2 aliphatic carbocycles. The van der Waals surface area contributed by atoms with E-state index in [1.807, 2.05) is 11.9 Å². The van der Waals surface area contributed by atoms with Crippen LogP contribution < -0.4 is 10.6 Å². The number of nitrogens with zero attached hydrogens (tertiary/aromatic N) is 1. The SMILES string of the molecule is CC1CC2C(CN1)CC(C1CC(NC(=O)C3CC(F)CC(C(F)(F)F)C3)CCC1C)C(=O)N2C. The molecule has 2 heterocycles. The number of fused-ring (bicyclic) bond motifs is 1. The molecule has 10 unspecified atom stereocenters. The van der Waals surface area contributed by atoms with Crippen LogP contribution >= 0.6 is 0 Å². The molecule has 4 rings (SSSR count). The summed E-state index contributed by atoms with van der Waals surface area (Å²) in [5.41, 5.74) is 0. The largest absolute Gasteiger partial charge is 0.391 e. The molecule has 194 valence electrons. The van der Waals surface area contributed by atoms with Crippen LogP contribution in [0.25, 0.3) is 0 Å². The van der Waals surface area contributed by atoms with Crippen molar-refractivity contribution >= 4 is 11.8 Å². The minimum absolute atomic E-state index is 0.101. The highest BCUT2D eigenvalue weighted by Crippen LogP contribution is 2.44. The summed E-state index contributed by atoms with van der Waals surface area (Å²) in [6.45, 7) is 5.20. The van der Waals surface area contributed by atoms with E-state index in [-0.39, 0.29) is 42.7 Å². The van der Waals surface area contributed by atoms with Crippen LogP contribution in [-0.2, 0) is 9.59 Å². The lowest BCUT2D eigenvalue weighted by Gasteiger charge is -2.50. The molecule has 34 heavy (non-hydrogen) atoms. The third-order valence-corrected chi connectivity index (χ3v) is 9.19. The summed E-state index contributed by atoms with van der Waals surface area (Å²) in [4.78, 5) is 28.1. The molecule has 4 fully saturated rings. The van der Waals surface area contributed by atoms with E-state index in [4.69, 9.17) is 0 Å². The summed E-state index contributed by atoms with van der Waals surface area (Å²) < 4.78 is 53.6. The van der Waals surface area contributed by atoms with Crippen molar-refractivity contribution in [1.82, 2.24) is 15.5 Å². The summed E-state index contributed by atoms with van der Waals surface area (Å²) in [5.74, 6) is -2.23. The topological polar surface area (TPSA) is 61.4 Å². The van der Waals surface area contributed by atoms with E-state index in [1.165, 1.54) is 0 Å². The van der Waals surface area contributed by atoms with Crippen molar-refractivity contribution < 1.29 is 27.2 Å². The van der Waals surface area contributed by atoms with Crippen LogP contribution in [-0.4, -0.2) is 60.8 Å². The molecule has 2 aliphatic heterocycles. The maximum atomic E-state index is 14.0. The lowest BCUT2D eigenvalue weighted by atomic mass is 9.65. The van der Waals surface area contributed by atoms with Crippen molar-refractivity contribution in [1.29, 1.82) is 0 Å². The molecule has 10 atom stereocenters. The number of nitrogens with one attached hydrogen (secondary N) is 2. The number of carbonyl (C=O) groups is 2. The van der Waals surface area contributed by atoms with Crippen LogP contribution in [0.5, 0.6) is 0 Å². The van der Waals surface area contributed by atoms with Gasteiger partial charge in [-0.15, -0.1) is 0 Å². The predicted octanol–water partition coefficient (Wildman–Crippen LogP) is 4.07. The Labute approximate surface area is 199 Å². The van der Waals surface area contributed by atoms with Gasteiger partial charge in [-0.2, -0.15) is 13.2 Å². The molecule has 0 bridgehead atoms. The molecule has 0 spiro atoms. The summed E-state index contributed by atoms with van der Waals surface area (Å²) in [7, 11) is 1.91. The number of rotatable bonds is 3. The van der Waals surface area contributed by atoms with Gasteiger partial charge in [-0.3, -0.25) is 9.59 Å². The molecule has 0 aromatic heterocycles. The van der Waals surface area contributed by atoms with Gasteiger partial charge in [0, 0.05) is 43.6 Å². The lowest BCUT2D eigenvalue weighted by molar-refractivity contribution is -0.191. The first kappa shape index (κ1) is 25.7. The standard InChI is InChI=1S/C25H39F4N3O2/c1-13-4-5-19(31-23(33)15-7-17(25(27,28)29)10-18(26)8-15)11-20(13)21-9-16-12-30-14(2)6-22(16)32(3)24(21)34/h13-22,30H,4-12H2,1-3H3,(H,31,33). The molecule has 2 saturated heterocycles. The number of piperidine rings is 2. The van der Waals surface area contributed by atoms with Crippen molar-refractivity contribution in [3.05, 3.63) is 0 Å². The molecule has 0 aromatic rings. The third-order valence-electron chi connectivity index (χ3n) is 9.19. The van der Waals surface area contributed by atoms with Crippen molar-refractivity contribution in [2.45, 2.75) is 95.7 Å². The molecule has 9 heteroatoms. The number of carbonyl (C=O) groups excluding carboxylic acids is 2. The van der Waals surface area contributed by atoms with Crippen LogP contribution in [0.15, 0.2) is 0 Å². The smallest absolute Gasteiger partial charge is 0.353 e. The Morgan fingerprint density at radius 2 is 1.79 bits per heavy atom. The average Bonchev–Trinajstić information content (AvgIpc) is 2.77. The van der Waals surface area contributed by atoms with Crippen LogP contribution in [0, 0.1) is 35.5 Å². The highest BCUT2D eigenvalue weighted by Gasteiger charge is 2.49. The first-order chi connectivity index (χ1) is 15.9. The zero-order valence-electron chi connectivity index (χ0n) is 20.4. The minimum Gasteiger partial charge on any atom is -0.353 e. The van der Waals surface area contributed by atoms with E-state index < -0.39 is 36.5 Å². The van der Waals surface area contributed by atoms with Gasteiger partial charge in [0.15, 0.2) is 0 Å². The maximum absolute atomic E-state index is 14.0. The van der Waals surface area contributed by atoms with Gasteiger partial charge in [-0.1, -0.05) is 6.92 Å². The van der Waals surface area contributed by atoms with Gasteiger partial charge in [0.1, 0.15) is 6.17 Å². The van der Waals surface area contributed by atoms with E-state index in [9.17, 15) is 27.2 Å². The Morgan fingerprint density at radius 1 is 1.06 bits per heavy atom. The van der Waals surface area contributed by atoms with Crippen LogP contribution in [0.1, 0.15) is 65.2 Å². The maximum Gasteiger partial charge on any atom is 0.391 e. The van der Waals surface area contributed by atoms with E-state index in [2.05, 4.69) is 24.5 Å². The first-order valence-electron chi connectivity index (χ1n) is 12.9. The summed E-state index contributed by atoms with van der Waals surface area (Å²) in [6, 6.07) is 0.469. The van der Waals surface area contributed by atoms with E-state index in [1.54, 1.807) is 0 Å². The minimum atomic E-state index is -4.48. The Balaban J connectivity index is 1.39. The number of hydrogen-bond donors (Lipinski definition) is 2. The molecule has 2 saturated carbocycles. The Hall–Kier alpha value is -1.38. The number of amides is 2. The van der Waals surface area contributed by atoms with Crippen molar-refractivity contribution in [2.75, 3.05) is 13.6 Å². The second-order valence-corrected chi connectivity index (χ2v) is 11.6. The van der Waals surface area contributed by atoms with Crippen molar-refractivity contribution in [3.63, 3.8) is 0 Å². The van der Waals surface area contributed by atoms with Crippen molar-refractivity contribution in [3.8, 4) is 0 Å². The second-order valence-electron chi connectivity index (χ2n) is 11.6. The average molecular weight is 490 g/mol. The Morgan fingerprint density at radius 3 is 2.50 bits per heavy atom. The van der Waals surface area contributed by atoms with Crippen LogP contribution in [0.3, 0.4) is 0 Å². The van der Waals surface area contributed by atoms with E-state index in [0.717, 1.165) is 32.2 Å². The number of halogens is 4. The van der Waals surface area contributed by atoms with Crippen molar-refractivity contribution in [2.24, 2.45) is 35.5 Å². The molecule has 0 aromatic carbocycles. The summed E-state index contributed by atoms with van der Waals surface area (Å²) in [5, 5.41) is 6.48. The normalized spacial score (nSPS) is 43.9. The zero-order chi connectivity index (χ0) is 24.8. The number of alkyl halides is 4. The van der Waals surface area contributed by atoms with E-state index in [0.29, 0.717) is 24.3 Å². The van der Waals surface area contributed by atoms with Gasteiger partial charge in [-0.25, -0.2) is 4.39 Å². The van der Waals surface area contributed by atoms with Gasteiger partial charge in [0.05, 0.1) is 5.92 Å². The molecule has 4 aliphatic rings. The molecular formula is C25H39F4N3O2. The predicted molar refractivity (Wildman–Crippen MR) is 120 cm³/mol. The lowest BCUT2D eigenvalue weighted by Crippen LogP contribution is -2.60. The highest BCUT2D eigenvalue weighted by molar-refractivity contribution is 5.81. The summed E-state index contributed by atoms with van der Waals surface area (Å²) >= 11 is 0. The number of hydrogen-bond acceptors (Lipinski definition) is 3. The summed E-state index contributed by atoms with van der Waals surface area (Å²) in [6.07, 6.45) is -3.11. The van der Waals surface area contributed by atoms with Gasteiger partial charge < -0.3 is 15.5 Å². The van der Waals surface area contributed by atoms with Gasteiger partial charge in [-0.05, 0) is 76.0 Å².